The largest absolute Gasteiger partial charge is 0.486 e. The highest BCUT2D eigenvalue weighted by Crippen LogP contribution is 2.31. The van der Waals surface area contributed by atoms with E-state index in [2.05, 4.69) is 0 Å². The zero-order valence-electron chi connectivity index (χ0n) is 17.8. The first kappa shape index (κ1) is 20.7. The molecule has 1 fully saturated rings. The number of carbonyl (C=O) groups is 3. The van der Waals surface area contributed by atoms with Gasteiger partial charge in [0.15, 0.2) is 11.5 Å². The van der Waals surface area contributed by atoms with Gasteiger partial charge in [-0.1, -0.05) is 23.8 Å². The van der Waals surface area contributed by atoms with Crippen molar-refractivity contribution in [1.82, 2.24) is 9.80 Å². The van der Waals surface area contributed by atoms with E-state index in [0.717, 1.165) is 16.0 Å². The molecule has 31 heavy (non-hydrogen) atoms. The number of fused-ring (bicyclic) bond motifs is 1. The van der Waals surface area contributed by atoms with Crippen LogP contribution in [0.1, 0.15) is 18.1 Å². The number of carbonyl (C=O) groups excluding carboxylic acids is 3. The molecule has 0 N–H and O–H groups in total. The van der Waals surface area contributed by atoms with Gasteiger partial charge in [-0.15, -0.1) is 0 Å². The normalized spacial score (nSPS) is 17.8. The van der Waals surface area contributed by atoms with E-state index in [1.807, 2.05) is 37.3 Å². The second kappa shape index (κ2) is 8.29. The summed E-state index contributed by atoms with van der Waals surface area (Å²) in [6.07, 6.45) is 0. The van der Waals surface area contributed by atoms with Crippen LogP contribution in [0, 0.1) is 6.92 Å². The molecule has 2 heterocycles. The van der Waals surface area contributed by atoms with Crippen LogP contribution in [-0.4, -0.2) is 60.5 Å². The van der Waals surface area contributed by atoms with E-state index in [9.17, 15) is 14.4 Å². The highest BCUT2D eigenvalue weighted by Gasteiger charge is 2.44. The first-order chi connectivity index (χ1) is 14.8. The van der Waals surface area contributed by atoms with Gasteiger partial charge in [-0.05, 0) is 43.7 Å². The fraction of sp³-hybridized carbons (Fsp3) is 0.348. The molecule has 0 aromatic heterocycles. The number of imide groups is 1. The number of anilines is 1. The molecule has 4 amide bonds. The number of nitrogens with zero attached hydrogens (tertiary/aromatic N) is 3. The molecule has 162 valence electrons. The standard InChI is InChI=1S/C23H25N3O5/c1-15-4-7-18(8-5-15)26-16(2)22(28)25(23(26)29)14-21(27)24(3)13-17-6-9-19-20(12-17)31-11-10-30-19/h4-9,12,16H,10-11,13-14H2,1-3H3/t16-/m1/s1. The second-order valence-corrected chi connectivity index (χ2v) is 7.82. The summed E-state index contributed by atoms with van der Waals surface area (Å²) in [6.45, 7) is 4.64. The SMILES string of the molecule is Cc1ccc(N2C(=O)N(CC(=O)N(C)Cc3ccc4c(c3)OCCO4)C(=O)[C@H]2C)cc1. The molecular formula is C23H25N3O5. The fourth-order valence-electron chi connectivity index (χ4n) is 3.72. The maximum absolute atomic E-state index is 12.9. The Morgan fingerprint density at radius 3 is 2.45 bits per heavy atom. The molecule has 0 radical (unpaired) electrons. The van der Waals surface area contributed by atoms with Gasteiger partial charge >= 0.3 is 6.03 Å². The van der Waals surface area contributed by atoms with Crippen molar-refractivity contribution in [2.24, 2.45) is 0 Å². The van der Waals surface area contributed by atoms with Crippen molar-refractivity contribution < 1.29 is 23.9 Å². The second-order valence-electron chi connectivity index (χ2n) is 7.82. The predicted molar refractivity (Wildman–Crippen MR) is 114 cm³/mol. The van der Waals surface area contributed by atoms with Crippen molar-refractivity contribution in [3.8, 4) is 11.5 Å². The number of rotatable bonds is 5. The van der Waals surface area contributed by atoms with Gasteiger partial charge in [0.25, 0.3) is 5.91 Å². The van der Waals surface area contributed by atoms with Crippen LogP contribution >= 0.6 is 0 Å². The molecule has 0 aliphatic carbocycles. The van der Waals surface area contributed by atoms with E-state index >= 15 is 0 Å². The third-order valence-electron chi connectivity index (χ3n) is 5.51. The molecule has 1 atom stereocenters. The number of ether oxygens (including phenoxy) is 2. The van der Waals surface area contributed by atoms with E-state index in [1.165, 1.54) is 9.80 Å². The van der Waals surface area contributed by atoms with Crippen molar-refractivity contribution in [2.45, 2.75) is 26.4 Å². The predicted octanol–water partition coefficient (Wildman–Crippen LogP) is 2.58. The molecule has 2 aromatic rings. The van der Waals surface area contributed by atoms with Gasteiger partial charge in [0, 0.05) is 19.3 Å². The van der Waals surface area contributed by atoms with Crippen LogP contribution in [0.2, 0.25) is 0 Å². The topological polar surface area (TPSA) is 79.4 Å². The third-order valence-corrected chi connectivity index (χ3v) is 5.51. The van der Waals surface area contributed by atoms with Crippen LogP contribution in [0.5, 0.6) is 11.5 Å². The Balaban J connectivity index is 1.43. The minimum Gasteiger partial charge on any atom is -0.486 e. The van der Waals surface area contributed by atoms with E-state index in [4.69, 9.17) is 9.47 Å². The molecule has 0 unspecified atom stereocenters. The lowest BCUT2D eigenvalue weighted by atomic mass is 10.2. The zero-order valence-corrected chi connectivity index (χ0v) is 17.8. The van der Waals surface area contributed by atoms with Gasteiger partial charge < -0.3 is 14.4 Å². The molecule has 8 nitrogen and oxygen atoms in total. The Morgan fingerprint density at radius 2 is 1.74 bits per heavy atom. The van der Waals surface area contributed by atoms with Crippen LogP contribution in [0.25, 0.3) is 0 Å². The summed E-state index contributed by atoms with van der Waals surface area (Å²) in [6, 6.07) is 11.7. The highest BCUT2D eigenvalue weighted by atomic mass is 16.6. The maximum atomic E-state index is 12.9. The van der Waals surface area contributed by atoms with E-state index in [1.54, 1.807) is 26.1 Å². The molecule has 0 saturated carbocycles. The number of urea groups is 1. The number of hydrogen-bond acceptors (Lipinski definition) is 5. The number of benzene rings is 2. The summed E-state index contributed by atoms with van der Waals surface area (Å²) >= 11 is 0. The number of likely N-dealkylation sites (N-methyl/N-ethyl adjacent to an activating group) is 1. The lowest BCUT2D eigenvalue weighted by Crippen LogP contribution is -2.42. The summed E-state index contributed by atoms with van der Waals surface area (Å²) in [5, 5.41) is 0. The van der Waals surface area contributed by atoms with Crippen LogP contribution in [0.4, 0.5) is 10.5 Å². The summed E-state index contributed by atoms with van der Waals surface area (Å²) < 4.78 is 11.1. The van der Waals surface area contributed by atoms with Crippen molar-refractivity contribution >= 4 is 23.5 Å². The summed E-state index contributed by atoms with van der Waals surface area (Å²) in [5.41, 5.74) is 2.56. The Kier molecular flexibility index (Phi) is 5.54. The molecule has 4 rings (SSSR count). The molecular weight excluding hydrogens is 398 g/mol. The van der Waals surface area contributed by atoms with Crippen molar-refractivity contribution in [3.63, 3.8) is 0 Å². The van der Waals surface area contributed by atoms with E-state index in [0.29, 0.717) is 36.9 Å². The first-order valence-electron chi connectivity index (χ1n) is 10.2. The minimum absolute atomic E-state index is 0.300. The quantitative estimate of drug-likeness (QED) is 0.691. The van der Waals surface area contributed by atoms with Crippen LogP contribution in [0.15, 0.2) is 42.5 Å². The van der Waals surface area contributed by atoms with E-state index < -0.39 is 12.1 Å². The van der Waals surface area contributed by atoms with Crippen LogP contribution in [-0.2, 0) is 16.1 Å². The summed E-state index contributed by atoms with van der Waals surface area (Å²) in [4.78, 5) is 42.3. The Morgan fingerprint density at radius 1 is 1.06 bits per heavy atom. The number of amides is 4. The van der Waals surface area contributed by atoms with Crippen molar-refractivity contribution in [1.29, 1.82) is 0 Å². The lowest BCUT2D eigenvalue weighted by molar-refractivity contribution is -0.136. The summed E-state index contributed by atoms with van der Waals surface area (Å²) in [5.74, 6) is 0.626. The van der Waals surface area contributed by atoms with Gasteiger partial charge in [0.1, 0.15) is 25.8 Å². The van der Waals surface area contributed by atoms with Gasteiger partial charge in [-0.25, -0.2) is 4.79 Å². The fourth-order valence-corrected chi connectivity index (χ4v) is 3.72. The maximum Gasteiger partial charge on any atom is 0.332 e. The van der Waals surface area contributed by atoms with Gasteiger partial charge in [-0.2, -0.15) is 0 Å². The van der Waals surface area contributed by atoms with Crippen LogP contribution in [0.3, 0.4) is 0 Å². The Hall–Kier alpha value is -3.55. The molecule has 0 bridgehead atoms. The van der Waals surface area contributed by atoms with Gasteiger partial charge in [0.2, 0.25) is 5.91 Å². The highest BCUT2D eigenvalue weighted by molar-refractivity contribution is 6.15. The minimum atomic E-state index is -0.661. The number of hydrogen-bond donors (Lipinski definition) is 0. The molecule has 0 spiro atoms. The lowest BCUT2D eigenvalue weighted by Gasteiger charge is -2.23. The monoisotopic (exact) mass is 423 g/mol. The molecule has 2 aliphatic rings. The average Bonchev–Trinajstić information content (AvgIpc) is 2.97. The smallest absolute Gasteiger partial charge is 0.332 e. The van der Waals surface area contributed by atoms with Crippen molar-refractivity contribution in [3.05, 3.63) is 53.6 Å². The van der Waals surface area contributed by atoms with Gasteiger partial charge in [0.05, 0.1) is 0 Å². The molecule has 8 heteroatoms. The van der Waals surface area contributed by atoms with Crippen LogP contribution < -0.4 is 14.4 Å². The zero-order chi connectivity index (χ0) is 22.1. The Bertz CT molecular complexity index is 1020. The average molecular weight is 423 g/mol. The molecule has 1 saturated heterocycles. The van der Waals surface area contributed by atoms with E-state index in [-0.39, 0.29) is 18.4 Å². The van der Waals surface area contributed by atoms with Crippen molar-refractivity contribution in [2.75, 3.05) is 31.7 Å². The summed E-state index contributed by atoms with van der Waals surface area (Å²) in [7, 11) is 1.64. The Labute approximate surface area is 180 Å². The van der Waals surface area contributed by atoms with Gasteiger partial charge in [-0.3, -0.25) is 19.4 Å². The number of aryl methyl sites for hydroxylation is 1. The molecule has 2 aliphatic heterocycles. The first-order valence-corrected chi connectivity index (χ1v) is 10.2. The molecule has 2 aromatic carbocycles. The third kappa shape index (κ3) is 4.05.